The summed E-state index contributed by atoms with van der Waals surface area (Å²) < 4.78 is 29.1. The van der Waals surface area contributed by atoms with E-state index in [-0.39, 0.29) is 18.2 Å². The van der Waals surface area contributed by atoms with Crippen LogP contribution in [0.3, 0.4) is 0 Å². The van der Waals surface area contributed by atoms with E-state index < -0.39 is 5.60 Å². The molecule has 0 saturated carbocycles. The van der Waals surface area contributed by atoms with Crippen molar-refractivity contribution in [1.82, 2.24) is 4.90 Å². The van der Waals surface area contributed by atoms with Gasteiger partial charge in [-0.1, -0.05) is 29.9 Å². The molecule has 2 atom stereocenters. The lowest BCUT2D eigenvalue weighted by molar-refractivity contribution is -0.155. The number of nitrogens with zero attached hydrogens (tertiary/aromatic N) is 1. The topological polar surface area (TPSA) is 66.5 Å². The number of esters is 1. The Kier molecular flexibility index (Phi) is 9.11. The summed E-state index contributed by atoms with van der Waals surface area (Å²) in [6, 6.07) is 6.13. The Labute approximate surface area is 220 Å². The van der Waals surface area contributed by atoms with Gasteiger partial charge in [-0.3, -0.25) is 9.69 Å². The first kappa shape index (κ1) is 27.0. The third-order valence-electron chi connectivity index (χ3n) is 6.46. The summed E-state index contributed by atoms with van der Waals surface area (Å²) in [6.45, 7) is 10.6. The maximum Gasteiger partial charge on any atom is 0.307 e. The molecule has 7 heteroatoms. The van der Waals surface area contributed by atoms with Crippen molar-refractivity contribution in [2.75, 3.05) is 26.2 Å². The van der Waals surface area contributed by atoms with Gasteiger partial charge in [0.05, 0.1) is 19.1 Å². The Bertz CT molecular complexity index is 1060. The summed E-state index contributed by atoms with van der Waals surface area (Å²) in [7, 11) is 0. The Morgan fingerprint density at radius 1 is 1.24 bits per heavy atom. The molecule has 1 fully saturated rings. The summed E-state index contributed by atoms with van der Waals surface area (Å²) in [5.41, 5.74) is 3.09. The van der Waals surface area contributed by atoms with E-state index in [0.29, 0.717) is 25.3 Å². The number of hydrogen-bond donors (Lipinski definition) is 0. The zero-order valence-electron chi connectivity index (χ0n) is 22.4. The fourth-order valence-corrected chi connectivity index (χ4v) is 4.67. The summed E-state index contributed by atoms with van der Waals surface area (Å²) in [4.78, 5) is 14.4. The Balaban J connectivity index is 1.39. The maximum absolute atomic E-state index is 12.1. The van der Waals surface area contributed by atoms with E-state index >= 15 is 0 Å². The molecule has 7 nitrogen and oxygen atoms in total. The highest BCUT2D eigenvalue weighted by atomic mass is 16.6. The number of carbonyl (C=O) groups is 1. The molecule has 1 aromatic rings. The quantitative estimate of drug-likeness (QED) is 0.386. The molecule has 1 aliphatic carbocycles. The molecular weight excluding hydrogens is 470 g/mol. The van der Waals surface area contributed by atoms with Crippen LogP contribution in [0.15, 0.2) is 66.5 Å². The van der Waals surface area contributed by atoms with E-state index in [4.69, 9.17) is 23.7 Å². The number of morpholine rings is 1. The van der Waals surface area contributed by atoms with Crippen molar-refractivity contribution in [3.05, 3.63) is 77.7 Å². The van der Waals surface area contributed by atoms with Crippen LogP contribution < -0.4 is 4.74 Å². The van der Waals surface area contributed by atoms with Gasteiger partial charge in [0.2, 0.25) is 0 Å². The number of rotatable bonds is 9. The van der Waals surface area contributed by atoms with E-state index in [0.717, 1.165) is 49.2 Å². The highest BCUT2D eigenvalue weighted by Gasteiger charge is 2.26. The van der Waals surface area contributed by atoms with E-state index in [9.17, 15) is 4.79 Å². The number of allylic oxidation sites excluding steroid dienone is 3. The third-order valence-corrected chi connectivity index (χ3v) is 6.46. The van der Waals surface area contributed by atoms with Crippen molar-refractivity contribution >= 4 is 5.97 Å². The SMILES string of the molecule is Cc1cc(OC(CC2=CC=CCC2)C2=COC=CO2)ccc1C1CN(CCC(=O)OC(C)(C)C)CCO1. The first-order valence-electron chi connectivity index (χ1n) is 13.1. The average Bonchev–Trinajstić information content (AvgIpc) is 2.87. The molecule has 0 N–H and O–H groups in total. The van der Waals surface area contributed by atoms with Crippen molar-refractivity contribution in [3.63, 3.8) is 0 Å². The lowest BCUT2D eigenvalue weighted by atomic mass is 9.98. The third kappa shape index (κ3) is 8.23. The van der Waals surface area contributed by atoms with Gasteiger partial charge in [0.15, 0.2) is 11.9 Å². The van der Waals surface area contributed by atoms with Crippen LogP contribution in [0.25, 0.3) is 0 Å². The van der Waals surface area contributed by atoms with Gasteiger partial charge in [-0.15, -0.1) is 0 Å². The fourth-order valence-electron chi connectivity index (χ4n) is 4.67. The van der Waals surface area contributed by atoms with Crippen LogP contribution >= 0.6 is 0 Å². The predicted molar refractivity (Wildman–Crippen MR) is 142 cm³/mol. The second-order valence-corrected chi connectivity index (χ2v) is 10.7. The molecule has 2 aliphatic heterocycles. The Morgan fingerprint density at radius 2 is 2.11 bits per heavy atom. The molecule has 2 heterocycles. The molecule has 1 aromatic carbocycles. The Hall–Kier alpha value is -3.03. The second kappa shape index (κ2) is 12.5. The molecule has 2 unspecified atom stereocenters. The molecule has 4 rings (SSSR count). The lowest BCUT2D eigenvalue weighted by Gasteiger charge is -2.34. The summed E-state index contributed by atoms with van der Waals surface area (Å²) in [6.07, 6.45) is 13.9. The van der Waals surface area contributed by atoms with Crippen LogP contribution in [0.1, 0.15) is 63.7 Å². The molecule has 0 spiro atoms. The molecule has 3 aliphatic rings. The normalized spacial score (nSPS) is 20.8. The zero-order chi connectivity index (χ0) is 26.3. The smallest absolute Gasteiger partial charge is 0.307 e. The van der Waals surface area contributed by atoms with Crippen molar-refractivity contribution in [1.29, 1.82) is 0 Å². The number of aryl methyl sites for hydroxylation is 1. The number of benzene rings is 1. The minimum Gasteiger partial charge on any atom is -0.482 e. The Morgan fingerprint density at radius 3 is 2.81 bits per heavy atom. The van der Waals surface area contributed by atoms with Gasteiger partial charge >= 0.3 is 5.97 Å². The van der Waals surface area contributed by atoms with Crippen molar-refractivity contribution in [2.24, 2.45) is 0 Å². The monoisotopic (exact) mass is 509 g/mol. The van der Waals surface area contributed by atoms with Crippen LogP contribution in [-0.2, 0) is 23.7 Å². The molecule has 0 radical (unpaired) electrons. The van der Waals surface area contributed by atoms with Crippen LogP contribution in [0, 0.1) is 6.92 Å². The van der Waals surface area contributed by atoms with Gasteiger partial charge in [-0.25, -0.2) is 0 Å². The molecule has 37 heavy (non-hydrogen) atoms. The van der Waals surface area contributed by atoms with E-state index in [1.165, 1.54) is 18.1 Å². The first-order valence-corrected chi connectivity index (χ1v) is 13.1. The molecule has 1 saturated heterocycles. The summed E-state index contributed by atoms with van der Waals surface area (Å²) in [5.74, 6) is 1.26. The predicted octanol–water partition coefficient (Wildman–Crippen LogP) is 5.87. The number of ether oxygens (including phenoxy) is 5. The highest BCUT2D eigenvalue weighted by Crippen LogP contribution is 2.31. The number of carbonyl (C=O) groups excluding carboxylic acids is 1. The van der Waals surface area contributed by atoms with E-state index in [1.54, 1.807) is 6.26 Å². The largest absolute Gasteiger partial charge is 0.482 e. The molecule has 0 bridgehead atoms. The minimum atomic E-state index is -0.460. The van der Waals surface area contributed by atoms with Crippen molar-refractivity contribution in [3.8, 4) is 5.75 Å². The maximum atomic E-state index is 12.1. The second-order valence-electron chi connectivity index (χ2n) is 10.7. The molecular formula is C30H39NO6. The number of hydrogen-bond acceptors (Lipinski definition) is 7. The van der Waals surface area contributed by atoms with Gasteiger partial charge in [0.1, 0.15) is 30.1 Å². The molecule has 0 amide bonds. The highest BCUT2D eigenvalue weighted by molar-refractivity contribution is 5.70. The van der Waals surface area contributed by atoms with E-state index in [1.807, 2.05) is 26.8 Å². The summed E-state index contributed by atoms with van der Waals surface area (Å²) in [5, 5.41) is 0. The van der Waals surface area contributed by atoms with Crippen LogP contribution in [0.5, 0.6) is 5.75 Å². The van der Waals surface area contributed by atoms with Gasteiger partial charge < -0.3 is 23.7 Å². The molecule has 200 valence electrons. The average molecular weight is 510 g/mol. The van der Waals surface area contributed by atoms with E-state index in [2.05, 4.69) is 42.2 Å². The van der Waals surface area contributed by atoms with Gasteiger partial charge in [0, 0.05) is 26.1 Å². The summed E-state index contributed by atoms with van der Waals surface area (Å²) >= 11 is 0. The first-order chi connectivity index (χ1) is 17.8. The van der Waals surface area contributed by atoms with Crippen molar-refractivity contribution in [2.45, 2.75) is 71.2 Å². The van der Waals surface area contributed by atoms with Crippen LogP contribution in [0.4, 0.5) is 0 Å². The van der Waals surface area contributed by atoms with Crippen LogP contribution in [-0.4, -0.2) is 48.8 Å². The van der Waals surface area contributed by atoms with Gasteiger partial charge in [0.25, 0.3) is 0 Å². The minimum absolute atomic E-state index is 0.0562. The van der Waals surface area contributed by atoms with Crippen molar-refractivity contribution < 1.29 is 28.5 Å². The van der Waals surface area contributed by atoms with Crippen LogP contribution in [0.2, 0.25) is 0 Å². The lowest BCUT2D eigenvalue weighted by Crippen LogP contribution is -2.40. The fraction of sp³-hybridized carbons (Fsp3) is 0.500. The zero-order valence-corrected chi connectivity index (χ0v) is 22.4. The van der Waals surface area contributed by atoms with Gasteiger partial charge in [-0.05, 0) is 63.8 Å². The standard InChI is InChI=1S/C30H39NO6/c1-22-18-24(36-26(28-21-33-16-17-35-28)19-23-8-6-5-7-9-23)10-11-25(22)27-20-31(14-15-34-27)13-12-29(32)37-30(2,3)4/h5-6,8,10-11,16-18,21,26-27H,7,9,12-15,19-20H2,1-4H3. The molecule has 0 aromatic heterocycles. The van der Waals surface area contributed by atoms with Gasteiger partial charge in [-0.2, -0.15) is 0 Å².